The number of carbonyl (C=O) groups is 1. The van der Waals surface area contributed by atoms with E-state index in [4.69, 9.17) is 21.1 Å². The van der Waals surface area contributed by atoms with Gasteiger partial charge < -0.3 is 14.8 Å². The largest absolute Gasteiger partial charge is 0.489 e. The first-order valence-corrected chi connectivity index (χ1v) is 14.7. The van der Waals surface area contributed by atoms with Gasteiger partial charge in [0, 0.05) is 22.3 Å². The van der Waals surface area contributed by atoms with E-state index in [1.54, 1.807) is 19.1 Å². The normalized spacial score (nSPS) is 14.0. The molecule has 0 bridgehead atoms. The molecular formula is C34H34Cl3F3N2O3. The second-order valence-electron chi connectivity index (χ2n) is 10.4. The molecule has 0 spiro atoms. The summed E-state index contributed by atoms with van der Waals surface area (Å²) >= 11 is 6.54. The van der Waals surface area contributed by atoms with Gasteiger partial charge in [0.15, 0.2) is 0 Å². The summed E-state index contributed by atoms with van der Waals surface area (Å²) < 4.78 is 50.0. The summed E-state index contributed by atoms with van der Waals surface area (Å²) in [6.07, 6.45) is -0.809. The Hall–Kier alpha value is -3.30. The minimum Gasteiger partial charge on any atom is -0.489 e. The number of rotatable bonds is 10. The minimum absolute atomic E-state index is 0. The van der Waals surface area contributed by atoms with Crippen molar-refractivity contribution < 1.29 is 27.4 Å². The summed E-state index contributed by atoms with van der Waals surface area (Å²) in [7, 11) is 0. The molecule has 0 fully saturated rings. The molecule has 5 rings (SSSR count). The molecule has 0 amide bonds. The Kier molecular flexibility index (Phi) is 13.1. The molecule has 1 atom stereocenters. The van der Waals surface area contributed by atoms with Crippen LogP contribution in [0.3, 0.4) is 0 Å². The first kappa shape index (κ1) is 36.2. The van der Waals surface area contributed by atoms with E-state index in [1.807, 2.05) is 42.5 Å². The zero-order valence-electron chi connectivity index (χ0n) is 24.5. The molecule has 45 heavy (non-hydrogen) atoms. The van der Waals surface area contributed by atoms with Crippen molar-refractivity contribution in [2.24, 2.45) is 0 Å². The van der Waals surface area contributed by atoms with Crippen LogP contribution in [0.4, 0.5) is 13.2 Å². The van der Waals surface area contributed by atoms with Crippen LogP contribution in [-0.2, 0) is 30.4 Å². The molecule has 1 aliphatic carbocycles. The summed E-state index contributed by atoms with van der Waals surface area (Å²) in [6.45, 7) is 3.08. The number of hydrogen-bond donors (Lipinski definition) is 1. The SMILES string of the molecule is CCOC(=O)c1ccc2c(n1)CCCC2NCCc1ccccc1OCc1ccc(-c2ccc(C(F)(F)F)cc2)cc1Cl.Cl.Cl. The number of aromatic nitrogens is 1. The van der Waals surface area contributed by atoms with Crippen LogP contribution in [0.15, 0.2) is 78.9 Å². The maximum absolute atomic E-state index is 12.9. The predicted molar refractivity (Wildman–Crippen MR) is 175 cm³/mol. The van der Waals surface area contributed by atoms with Crippen molar-refractivity contribution in [3.63, 3.8) is 0 Å². The Balaban J connectivity index is 0.00000276. The second-order valence-corrected chi connectivity index (χ2v) is 10.8. The highest BCUT2D eigenvalue weighted by Crippen LogP contribution is 2.33. The summed E-state index contributed by atoms with van der Waals surface area (Å²) in [4.78, 5) is 16.7. The zero-order chi connectivity index (χ0) is 30.4. The van der Waals surface area contributed by atoms with Crippen LogP contribution in [0.2, 0.25) is 5.02 Å². The lowest BCUT2D eigenvalue weighted by molar-refractivity contribution is -0.137. The quantitative estimate of drug-likeness (QED) is 0.169. The van der Waals surface area contributed by atoms with Crippen LogP contribution in [0.1, 0.15) is 64.2 Å². The van der Waals surface area contributed by atoms with Crippen LogP contribution in [0.25, 0.3) is 11.1 Å². The van der Waals surface area contributed by atoms with Gasteiger partial charge in [-0.1, -0.05) is 60.1 Å². The fourth-order valence-electron chi connectivity index (χ4n) is 5.27. The van der Waals surface area contributed by atoms with Crippen molar-refractivity contribution in [2.75, 3.05) is 13.2 Å². The van der Waals surface area contributed by atoms with E-state index >= 15 is 0 Å². The van der Waals surface area contributed by atoms with Crippen molar-refractivity contribution in [3.8, 4) is 16.9 Å². The third-order valence-corrected chi connectivity index (χ3v) is 7.87. The third kappa shape index (κ3) is 9.13. The molecule has 11 heteroatoms. The van der Waals surface area contributed by atoms with Gasteiger partial charge in [0.05, 0.1) is 12.2 Å². The van der Waals surface area contributed by atoms with E-state index in [1.165, 1.54) is 12.1 Å². The number of esters is 1. The molecule has 1 unspecified atom stereocenters. The molecule has 1 aliphatic rings. The number of nitrogens with one attached hydrogen (secondary N) is 1. The fraction of sp³-hybridized carbons (Fsp3) is 0.294. The first-order valence-electron chi connectivity index (χ1n) is 14.3. The number of hydrogen-bond acceptors (Lipinski definition) is 5. The Bertz CT molecular complexity index is 1580. The van der Waals surface area contributed by atoms with Crippen molar-refractivity contribution >= 4 is 42.4 Å². The van der Waals surface area contributed by atoms with E-state index in [9.17, 15) is 18.0 Å². The highest BCUT2D eigenvalue weighted by atomic mass is 35.5. The number of fused-ring (bicyclic) bond motifs is 1. The summed E-state index contributed by atoms with van der Waals surface area (Å²) in [5.41, 5.74) is 4.94. The Labute approximate surface area is 278 Å². The standard InChI is InChI=1S/C34H32ClF3N2O3.2ClH/c1-2-42-33(41)31-17-16-27-29(7-5-8-30(27)40-31)39-19-18-23-6-3-4-9-32(23)43-21-25-11-10-24(20-28(25)35)22-12-14-26(15-13-22)34(36,37)38;;/h3-4,6,9-17,20,29,39H,2,5,7-8,18-19,21H2,1H3;2*1H. The lowest BCUT2D eigenvalue weighted by atomic mass is 9.91. The van der Waals surface area contributed by atoms with E-state index in [0.717, 1.165) is 78.1 Å². The van der Waals surface area contributed by atoms with Crippen LogP contribution in [0, 0.1) is 0 Å². The molecular weight excluding hydrogens is 648 g/mol. The molecule has 0 aliphatic heterocycles. The second kappa shape index (κ2) is 16.3. The van der Waals surface area contributed by atoms with Crippen LogP contribution < -0.4 is 10.1 Å². The molecule has 3 aromatic carbocycles. The van der Waals surface area contributed by atoms with Gasteiger partial charge in [-0.05, 0) is 91.7 Å². The number of nitrogens with zero attached hydrogens (tertiary/aromatic N) is 1. The highest BCUT2D eigenvalue weighted by Gasteiger charge is 2.30. The van der Waals surface area contributed by atoms with Gasteiger partial charge in [0.1, 0.15) is 18.1 Å². The average Bonchev–Trinajstić information content (AvgIpc) is 3.00. The maximum Gasteiger partial charge on any atom is 0.416 e. The predicted octanol–water partition coefficient (Wildman–Crippen LogP) is 9.23. The van der Waals surface area contributed by atoms with E-state index in [-0.39, 0.29) is 37.5 Å². The summed E-state index contributed by atoms with van der Waals surface area (Å²) in [5, 5.41) is 4.13. The van der Waals surface area contributed by atoms with Gasteiger partial charge in [-0.15, -0.1) is 24.8 Å². The Morgan fingerprint density at radius 1 is 0.978 bits per heavy atom. The number of alkyl halides is 3. The van der Waals surface area contributed by atoms with Gasteiger partial charge in [-0.3, -0.25) is 0 Å². The van der Waals surface area contributed by atoms with Crippen LogP contribution in [-0.4, -0.2) is 24.1 Å². The molecule has 0 radical (unpaired) electrons. The third-order valence-electron chi connectivity index (χ3n) is 7.52. The van der Waals surface area contributed by atoms with Gasteiger partial charge in [0.25, 0.3) is 0 Å². The van der Waals surface area contributed by atoms with E-state index in [0.29, 0.717) is 22.9 Å². The number of aryl methyl sites for hydroxylation is 1. The van der Waals surface area contributed by atoms with Crippen LogP contribution >= 0.6 is 36.4 Å². The lowest BCUT2D eigenvalue weighted by Gasteiger charge is -2.26. The lowest BCUT2D eigenvalue weighted by Crippen LogP contribution is -2.28. The number of ether oxygens (including phenoxy) is 2. The van der Waals surface area contributed by atoms with E-state index in [2.05, 4.69) is 10.3 Å². The monoisotopic (exact) mass is 680 g/mol. The molecule has 0 saturated heterocycles. The topological polar surface area (TPSA) is 60.5 Å². The first-order chi connectivity index (χ1) is 20.7. The van der Waals surface area contributed by atoms with Crippen molar-refractivity contribution in [1.82, 2.24) is 10.3 Å². The number of benzene rings is 3. The van der Waals surface area contributed by atoms with Gasteiger partial charge in [-0.2, -0.15) is 13.2 Å². The van der Waals surface area contributed by atoms with Gasteiger partial charge in [-0.25, -0.2) is 9.78 Å². The Morgan fingerprint density at radius 3 is 2.42 bits per heavy atom. The van der Waals surface area contributed by atoms with Crippen LogP contribution in [0.5, 0.6) is 5.75 Å². The van der Waals surface area contributed by atoms with Gasteiger partial charge in [0.2, 0.25) is 0 Å². The summed E-state index contributed by atoms with van der Waals surface area (Å²) in [6, 6.07) is 22.2. The number of para-hydroxylation sites is 1. The summed E-state index contributed by atoms with van der Waals surface area (Å²) in [5.74, 6) is 0.366. The highest BCUT2D eigenvalue weighted by molar-refractivity contribution is 6.31. The van der Waals surface area contributed by atoms with Crippen molar-refractivity contribution in [3.05, 3.63) is 118 Å². The fourth-order valence-corrected chi connectivity index (χ4v) is 5.51. The number of pyridine rings is 1. The Morgan fingerprint density at radius 2 is 1.71 bits per heavy atom. The molecule has 1 N–H and O–H groups in total. The molecule has 240 valence electrons. The zero-order valence-corrected chi connectivity index (χ0v) is 26.9. The van der Waals surface area contributed by atoms with Gasteiger partial charge >= 0.3 is 12.1 Å². The smallest absolute Gasteiger partial charge is 0.416 e. The molecule has 1 heterocycles. The molecule has 5 nitrogen and oxygen atoms in total. The molecule has 1 aromatic heterocycles. The molecule has 0 saturated carbocycles. The minimum atomic E-state index is -4.38. The average molecular weight is 682 g/mol. The number of carbonyl (C=O) groups excluding carboxylic acids is 1. The maximum atomic E-state index is 12.9. The van der Waals surface area contributed by atoms with E-state index < -0.39 is 17.7 Å². The number of halogens is 6. The molecule has 4 aromatic rings. The van der Waals surface area contributed by atoms with Crippen molar-refractivity contribution in [1.29, 1.82) is 0 Å². The van der Waals surface area contributed by atoms with Crippen molar-refractivity contribution in [2.45, 2.75) is 51.4 Å².